The Kier molecular flexibility index (Phi) is 5.20. The second-order valence-electron chi connectivity index (χ2n) is 11.0. The fourth-order valence-corrected chi connectivity index (χ4v) is 6.64. The summed E-state index contributed by atoms with van der Waals surface area (Å²) in [6.45, 7) is 0. The highest BCUT2D eigenvalue weighted by molar-refractivity contribution is 6.24. The number of para-hydroxylation sites is 2. The zero-order valence-corrected chi connectivity index (χ0v) is 23.3. The van der Waals surface area contributed by atoms with Crippen LogP contribution in [0.15, 0.2) is 152 Å². The van der Waals surface area contributed by atoms with Crippen molar-refractivity contribution < 1.29 is 0 Å². The highest BCUT2D eigenvalue weighted by Crippen LogP contribution is 2.40. The van der Waals surface area contributed by atoms with Gasteiger partial charge in [0.15, 0.2) is 5.82 Å². The summed E-state index contributed by atoms with van der Waals surface area (Å²) in [4.78, 5) is 10.3. The highest BCUT2D eigenvalue weighted by atomic mass is 15.0. The number of fused-ring (bicyclic) bond motifs is 14. The van der Waals surface area contributed by atoms with Crippen molar-refractivity contribution in [2.75, 3.05) is 0 Å². The van der Waals surface area contributed by atoms with Gasteiger partial charge in [-0.25, -0.2) is 9.97 Å². The average molecular weight is 548 g/mol. The van der Waals surface area contributed by atoms with Crippen LogP contribution in [0.25, 0.3) is 82.2 Å². The van der Waals surface area contributed by atoms with Crippen molar-refractivity contribution in [2.45, 2.75) is 0 Å². The van der Waals surface area contributed by atoms with Crippen molar-refractivity contribution in [1.29, 1.82) is 0 Å². The minimum Gasteiger partial charge on any atom is -0.309 e. The van der Waals surface area contributed by atoms with E-state index in [9.17, 15) is 0 Å². The zero-order chi connectivity index (χ0) is 28.3. The van der Waals surface area contributed by atoms with Gasteiger partial charge in [0, 0.05) is 38.2 Å². The van der Waals surface area contributed by atoms with Gasteiger partial charge in [-0.1, -0.05) is 115 Å². The number of hydrogen-bond donors (Lipinski definition) is 0. The minimum atomic E-state index is 0.727. The molecule has 3 heteroatoms. The van der Waals surface area contributed by atoms with Crippen molar-refractivity contribution in [3.63, 3.8) is 0 Å². The first-order valence-corrected chi connectivity index (χ1v) is 14.6. The molecule has 9 aromatic rings. The molecule has 0 radical (unpaired) electrons. The summed E-state index contributed by atoms with van der Waals surface area (Å²) in [6.07, 6.45) is 0. The van der Waals surface area contributed by atoms with Crippen LogP contribution in [0.1, 0.15) is 0 Å². The third-order valence-electron chi connectivity index (χ3n) is 8.55. The van der Waals surface area contributed by atoms with Crippen molar-refractivity contribution in [3.8, 4) is 17.1 Å². The first kappa shape index (κ1) is 23.9. The number of hydrogen-bond acceptors (Lipinski definition) is 2. The van der Waals surface area contributed by atoms with E-state index in [1.807, 2.05) is 18.2 Å². The number of benzene rings is 6. The van der Waals surface area contributed by atoms with Crippen LogP contribution < -0.4 is 0 Å². The molecule has 0 aliphatic heterocycles. The fourth-order valence-electron chi connectivity index (χ4n) is 6.64. The monoisotopic (exact) mass is 547 g/mol. The molecule has 0 atom stereocenters. The maximum atomic E-state index is 5.19. The molecule has 0 saturated heterocycles. The van der Waals surface area contributed by atoms with E-state index in [4.69, 9.17) is 9.97 Å². The lowest BCUT2D eigenvalue weighted by atomic mass is 9.99. The van der Waals surface area contributed by atoms with E-state index >= 15 is 0 Å². The molecule has 200 valence electrons. The third-order valence-corrected chi connectivity index (χ3v) is 8.55. The van der Waals surface area contributed by atoms with Gasteiger partial charge < -0.3 is 4.57 Å². The van der Waals surface area contributed by atoms with Gasteiger partial charge in [0.2, 0.25) is 0 Å². The highest BCUT2D eigenvalue weighted by Gasteiger charge is 2.17. The Morgan fingerprint density at radius 1 is 0.395 bits per heavy atom. The van der Waals surface area contributed by atoms with Gasteiger partial charge in [0.05, 0.1) is 22.1 Å². The van der Waals surface area contributed by atoms with Crippen molar-refractivity contribution in [1.82, 2.24) is 14.5 Å². The molecule has 7 aromatic carbocycles. The lowest BCUT2D eigenvalue weighted by Gasteiger charge is -2.12. The predicted octanol–water partition coefficient (Wildman–Crippen LogP) is 10.4. The van der Waals surface area contributed by atoms with Gasteiger partial charge in [-0.05, 0) is 52.6 Å². The molecule has 2 heterocycles. The molecule has 0 spiro atoms. The van der Waals surface area contributed by atoms with Crippen LogP contribution in [0.5, 0.6) is 0 Å². The predicted molar refractivity (Wildman–Crippen MR) is 181 cm³/mol. The molecule has 4 bridgehead atoms. The van der Waals surface area contributed by atoms with Gasteiger partial charge in [-0.3, -0.25) is 0 Å². The van der Waals surface area contributed by atoms with E-state index in [-0.39, 0.29) is 0 Å². The van der Waals surface area contributed by atoms with Crippen LogP contribution in [0.4, 0.5) is 0 Å². The average Bonchev–Trinajstić information content (AvgIpc) is 3.42. The molecule has 0 unspecified atom stereocenters. The SMILES string of the molecule is c1ccc(-c2nc3cc(n2)c2ccccc2c2cc(cc4c5ccccc5n(-c5ccccc5)c24)c2ccccc32)cc1. The fraction of sp³-hybridized carbons (Fsp3) is 0. The smallest absolute Gasteiger partial charge is 0.160 e. The quantitative estimate of drug-likeness (QED) is 0.216. The van der Waals surface area contributed by atoms with E-state index in [2.05, 4.69) is 138 Å². The van der Waals surface area contributed by atoms with E-state index in [1.165, 1.54) is 32.6 Å². The topological polar surface area (TPSA) is 30.7 Å². The van der Waals surface area contributed by atoms with Crippen LogP contribution in [0.3, 0.4) is 0 Å². The Balaban J connectivity index is 1.61. The number of aromatic nitrogens is 3. The molecule has 0 amide bonds. The van der Waals surface area contributed by atoms with Crippen LogP contribution in [0, 0.1) is 0 Å². The van der Waals surface area contributed by atoms with Crippen molar-refractivity contribution >= 4 is 65.2 Å². The van der Waals surface area contributed by atoms with Gasteiger partial charge >= 0.3 is 0 Å². The minimum absolute atomic E-state index is 0.727. The van der Waals surface area contributed by atoms with Gasteiger partial charge in [0.25, 0.3) is 0 Å². The largest absolute Gasteiger partial charge is 0.309 e. The summed E-state index contributed by atoms with van der Waals surface area (Å²) in [6, 6.07) is 53.9. The molecule has 43 heavy (non-hydrogen) atoms. The summed E-state index contributed by atoms with van der Waals surface area (Å²) < 4.78 is 2.42. The Bertz CT molecular complexity index is 2550. The van der Waals surface area contributed by atoms with Crippen LogP contribution in [0.2, 0.25) is 0 Å². The zero-order valence-electron chi connectivity index (χ0n) is 23.3. The van der Waals surface area contributed by atoms with Crippen LogP contribution >= 0.6 is 0 Å². The second-order valence-corrected chi connectivity index (χ2v) is 11.0. The Morgan fingerprint density at radius 2 is 0.907 bits per heavy atom. The number of nitrogens with zero attached hydrogens (tertiary/aromatic N) is 3. The summed E-state index contributed by atoms with van der Waals surface area (Å²) in [5.74, 6) is 0.727. The lowest BCUT2D eigenvalue weighted by molar-refractivity contribution is 1.19. The maximum Gasteiger partial charge on any atom is 0.160 e. The van der Waals surface area contributed by atoms with Gasteiger partial charge in [-0.2, -0.15) is 0 Å². The van der Waals surface area contributed by atoms with Gasteiger partial charge in [-0.15, -0.1) is 0 Å². The molecular weight excluding hydrogens is 522 g/mol. The first-order valence-electron chi connectivity index (χ1n) is 14.6. The Hall–Kier alpha value is -5.80. The summed E-state index contributed by atoms with van der Waals surface area (Å²) >= 11 is 0. The third kappa shape index (κ3) is 3.68. The summed E-state index contributed by atoms with van der Waals surface area (Å²) in [5, 5.41) is 9.31. The van der Waals surface area contributed by atoms with Crippen molar-refractivity contribution in [3.05, 3.63) is 152 Å². The molecular formula is C40H25N3. The molecule has 0 fully saturated rings. The lowest BCUT2D eigenvalue weighted by Crippen LogP contribution is -1.94. The first-order chi connectivity index (χ1) is 21.3. The van der Waals surface area contributed by atoms with Crippen molar-refractivity contribution in [2.24, 2.45) is 0 Å². The van der Waals surface area contributed by atoms with Crippen LogP contribution in [-0.4, -0.2) is 14.5 Å². The Labute approximate surface area is 248 Å². The van der Waals surface area contributed by atoms with E-state index in [1.54, 1.807) is 0 Å². The molecule has 3 nitrogen and oxygen atoms in total. The summed E-state index contributed by atoms with van der Waals surface area (Å²) in [7, 11) is 0. The Morgan fingerprint density at radius 3 is 1.60 bits per heavy atom. The molecule has 9 rings (SSSR count). The van der Waals surface area contributed by atoms with E-state index in [0.717, 1.165) is 49.7 Å². The molecule has 0 saturated carbocycles. The second kappa shape index (κ2) is 9.37. The van der Waals surface area contributed by atoms with Crippen LogP contribution in [-0.2, 0) is 0 Å². The van der Waals surface area contributed by atoms with E-state index < -0.39 is 0 Å². The maximum absolute atomic E-state index is 5.19. The summed E-state index contributed by atoms with van der Waals surface area (Å²) in [5.41, 5.74) is 6.36. The van der Waals surface area contributed by atoms with E-state index in [0.29, 0.717) is 0 Å². The molecule has 0 N–H and O–H groups in total. The van der Waals surface area contributed by atoms with Gasteiger partial charge in [0.1, 0.15) is 0 Å². The normalized spacial score (nSPS) is 11.7. The molecule has 2 aromatic heterocycles. The molecule has 0 aliphatic rings. The standard InChI is InChI=1S/C40H25N3/c1-3-13-26(14-4-1)40-41-36-25-37(42-40)32-20-10-8-18-30(32)34-23-27(29-17-7-9-19-31(29)36)24-35-33-21-11-12-22-38(33)43(39(34)35)28-15-5-2-6-16-28/h1-25H. The number of rotatable bonds is 2. The molecule has 0 aliphatic carbocycles.